The molecule has 1 heterocycles. The summed E-state index contributed by atoms with van der Waals surface area (Å²) in [4.78, 5) is 29.3. The van der Waals surface area contributed by atoms with Gasteiger partial charge in [-0.3, -0.25) is 14.5 Å². The molecule has 0 aromatic carbocycles. The summed E-state index contributed by atoms with van der Waals surface area (Å²) >= 11 is 0. The third kappa shape index (κ3) is 4.47. The lowest BCUT2D eigenvalue weighted by atomic mass is 10.0. The number of nitrogens with two attached hydrogens (primary N) is 1. The molecule has 0 aromatic heterocycles. The Morgan fingerprint density at radius 3 is 2.11 bits per heavy atom. The minimum atomic E-state index is -0.144. The van der Waals surface area contributed by atoms with Crippen LogP contribution in [0.25, 0.3) is 0 Å². The van der Waals surface area contributed by atoms with E-state index in [0.29, 0.717) is 19.6 Å². The summed E-state index contributed by atoms with van der Waals surface area (Å²) in [6.07, 6.45) is 0. The van der Waals surface area contributed by atoms with Crippen molar-refractivity contribution in [3.05, 3.63) is 0 Å². The summed E-state index contributed by atoms with van der Waals surface area (Å²) in [6, 6.07) is -0.124. The molecule has 1 saturated heterocycles. The van der Waals surface area contributed by atoms with Gasteiger partial charge >= 0.3 is 0 Å². The third-order valence-electron chi connectivity index (χ3n) is 3.72. The molecule has 110 valence electrons. The van der Waals surface area contributed by atoms with Gasteiger partial charge in [0.25, 0.3) is 0 Å². The van der Waals surface area contributed by atoms with Gasteiger partial charge < -0.3 is 15.5 Å². The van der Waals surface area contributed by atoms with E-state index in [1.165, 1.54) is 0 Å². The van der Waals surface area contributed by atoms with Gasteiger partial charge in [0.15, 0.2) is 0 Å². The number of amides is 2. The van der Waals surface area contributed by atoms with E-state index in [4.69, 9.17) is 5.73 Å². The molecule has 0 bridgehead atoms. The second-order valence-electron chi connectivity index (χ2n) is 5.54. The summed E-state index contributed by atoms with van der Waals surface area (Å²) in [7, 11) is 3.51. The van der Waals surface area contributed by atoms with Gasteiger partial charge in [-0.15, -0.1) is 0 Å². The summed E-state index contributed by atoms with van der Waals surface area (Å²) < 4.78 is 0. The van der Waals surface area contributed by atoms with Crippen molar-refractivity contribution in [1.82, 2.24) is 14.7 Å². The molecule has 6 nitrogen and oxygen atoms in total. The standard InChI is InChI=1S/C13H26N4O2/c1-10(11(2)14)13(19)17-7-5-16(6-8-17)9-12(18)15(3)4/h10-11H,5-9,14H2,1-4H3. The van der Waals surface area contributed by atoms with Crippen LogP contribution >= 0.6 is 0 Å². The van der Waals surface area contributed by atoms with Crippen LogP contribution in [0.5, 0.6) is 0 Å². The van der Waals surface area contributed by atoms with Crippen LogP contribution in [-0.4, -0.2) is 79.4 Å². The van der Waals surface area contributed by atoms with Gasteiger partial charge in [0.1, 0.15) is 0 Å². The maximum absolute atomic E-state index is 12.1. The van der Waals surface area contributed by atoms with Crippen LogP contribution in [0.1, 0.15) is 13.8 Å². The Morgan fingerprint density at radius 1 is 1.16 bits per heavy atom. The number of piperazine rings is 1. The molecule has 0 aliphatic carbocycles. The largest absolute Gasteiger partial charge is 0.348 e. The number of hydrogen-bond acceptors (Lipinski definition) is 4. The second kappa shape index (κ2) is 6.86. The fraction of sp³-hybridized carbons (Fsp3) is 0.846. The zero-order chi connectivity index (χ0) is 14.6. The minimum absolute atomic E-state index is 0.101. The first-order valence-corrected chi connectivity index (χ1v) is 6.79. The molecule has 0 saturated carbocycles. The van der Waals surface area contributed by atoms with Crippen LogP contribution < -0.4 is 5.73 Å². The van der Waals surface area contributed by atoms with Gasteiger partial charge in [-0.2, -0.15) is 0 Å². The minimum Gasteiger partial charge on any atom is -0.348 e. The van der Waals surface area contributed by atoms with Crippen LogP contribution in [0.2, 0.25) is 0 Å². The lowest BCUT2D eigenvalue weighted by Crippen LogP contribution is -2.53. The summed E-state index contributed by atoms with van der Waals surface area (Å²) in [5.41, 5.74) is 5.76. The van der Waals surface area contributed by atoms with Crippen LogP contribution in [0.3, 0.4) is 0 Å². The van der Waals surface area contributed by atoms with Gasteiger partial charge in [-0.05, 0) is 6.92 Å². The lowest BCUT2D eigenvalue weighted by Gasteiger charge is -2.36. The van der Waals surface area contributed by atoms with Gasteiger partial charge in [-0.1, -0.05) is 6.92 Å². The van der Waals surface area contributed by atoms with Crippen molar-refractivity contribution in [3.8, 4) is 0 Å². The zero-order valence-corrected chi connectivity index (χ0v) is 12.4. The molecule has 0 radical (unpaired) electrons. The molecule has 2 unspecified atom stereocenters. The van der Waals surface area contributed by atoms with Crippen LogP contribution in [0, 0.1) is 5.92 Å². The summed E-state index contributed by atoms with van der Waals surface area (Å²) in [5.74, 6) is 0.0762. The fourth-order valence-electron chi connectivity index (χ4n) is 1.97. The average Bonchev–Trinajstić information content (AvgIpc) is 2.37. The molecule has 1 aliphatic heterocycles. The first-order valence-electron chi connectivity index (χ1n) is 6.79. The highest BCUT2D eigenvalue weighted by Crippen LogP contribution is 2.09. The molecule has 1 aliphatic rings. The Labute approximate surface area is 115 Å². The molecule has 2 atom stereocenters. The molecule has 1 fully saturated rings. The number of hydrogen-bond donors (Lipinski definition) is 1. The van der Waals surface area contributed by atoms with Gasteiger partial charge in [0.2, 0.25) is 11.8 Å². The van der Waals surface area contributed by atoms with Crippen LogP contribution in [0.15, 0.2) is 0 Å². The van der Waals surface area contributed by atoms with Crippen molar-refractivity contribution in [2.45, 2.75) is 19.9 Å². The third-order valence-corrected chi connectivity index (χ3v) is 3.72. The molecule has 1 rings (SSSR count). The number of nitrogens with zero attached hydrogens (tertiary/aromatic N) is 3. The highest BCUT2D eigenvalue weighted by Gasteiger charge is 2.27. The molecule has 2 N–H and O–H groups in total. The predicted molar refractivity (Wildman–Crippen MR) is 74.5 cm³/mol. The van der Waals surface area contributed by atoms with Gasteiger partial charge in [-0.25, -0.2) is 0 Å². The summed E-state index contributed by atoms with van der Waals surface area (Å²) in [6.45, 7) is 7.00. The zero-order valence-electron chi connectivity index (χ0n) is 12.4. The number of rotatable bonds is 4. The maximum atomic E-state index is 12.1. The normalized spacial score (nSPS) is 19.9. The summed E-state index contributed by atoms with van der Waals surface area (Å²) in [5, 5.41) is 0. The SMILES string of the molecule is CC(N)C(C)C(=O)N1CCN(CC(=O)N(C)C)CC1. The van der Waals surface area contributed by atoms with E-state index < -0.39 is 0 Å². The number of likely N-dealkylation sites (N-methyl/N-ethyl adjacent to an activating group) is 1. The quantitative estimate of drug-likeness (QED) is 0.726. The average molecular weight is 270 g/mol. The Morgan fingerprint density at radius 2 is 1.68 bits per heavy atom. The first kappa shape index (κ1) is 15.9. The molecule has 0 aromatic rings. The molecule has 2 amide bonds. The van der Waals surface area contributed by atoms with Crippen LogP contribution in [-0.2, 0) is 9.59 Å². The van der Waals surface area contributed by atoms with E-state index in [0.717, 1.165) is 13.1 Å². The fourth-order valence-corrected chi connectivity index (χ4v) is 1.97. The van der Waals surface area contributed by atoms with E-state index in [1.54, 1.807) is 19.0 Å². The smallest absolute Gasteiger partial charge is 0.236 e. The maximum Gasteiger partial charge on any atom is 0.236 e. The van der Waals surface area contributed by atoms with Gasteiger partial charge in [0, 0.05) is 46.3 Å². The van der Waals surface area contributed by atoms with E-state index >= 15 is 0 Å². The molecule has 0 spiro atoms. The monoisotopic (exact) mass is 270 g/mol. The van der Waals surface area contributed by atoms with Crippen molar-refractivity contribution < 1.29 is 9.59 Å². The van der Waals surface area contributed by atoms with Crippen molar-refractivity contribution >= 4 is 11.8 Å². The molecule has 19 heavy (non-hydrogen) atoms. The van der Waals surface area contributed by atoms with Gasteiger partial charge in [0.05, 0.1) is 12.5 Å². The predicted octanol–water partition coefficient (Wildman–Crippen LogP) is -0.798. The number of carbonyl (C=O) groups excluding carboxylic acids is 2. The van der Waals surface area contributed by atoms with E-state index in [2.05, 4.69) is 4.90 Å². The Bertz CT molecular complexity index is 323. The molecular weight excluding hydrogens is 244 g/mol. The van der Waals surface area contributed by atoms with Crippen molar-refractivity contribution in [2.24, 2.45) is 11.7 Å². The van der Waals surface area contributed by atoms with E-state index in [-0.39, 0.29) is 23.8 Å². The first-order chi connectivity index (χ1) is 8.82. The van der Waals surface area contributed by atoms with E-state index in [9.17, 15) is 9.59 Å². The Balaban J connectivity index is 2.41. The van der Waals surface area contributed by atoms with Crippen molar-refractivity contribution in [3.63, 3.8) is 0 Å². The number of carbonyl (C=O) groups is 2. The highest BCUT2D eigenvalue weighted by molar-refractivity contribution is 5.79. The van der Waals surface area contributed by atoms with Crippen molar-refractivity contribution in [2.75, 3.05) is 46.8 Å². The lowest BCUT2D eigenvalue weighted by molar-refractivity contribution is -0.137. The second-order valence-corrected chi connectivity index (χ2v) is 5.54. The molecular formula is C13H26N4O2. The highest BCUT2D eigenvalue weighted by atomic mass is 16.2. The molecule has 6 heteroatoms. The van der Waals surface area contributed by atoms with Crippen molar-refractivity contribution in [1.29, 1.82) is 0 Å². The Hall–Kier alpha value is -1.14. The van der Waals surface area contributed by atoms with Crippen LogP contribution in [0.4, 0.5) is 0 Å². The van der Waals surface area contributed by atoms with E-state index in [1.807, 2.05) is 18.7 Å². The Kier molecular flexibility index (Phi) is 5.75. The topological polar surface area (TPSA) is 69.9 Å².